The van der Waals surface area contributed by atoms with Gasteiger partial charge in [0.1, 0.15) is 5.82 Å². The van der Waals surface area contributed by atoms with Gasteiger partial charge in [0.2, 0.25) is 11.8 Å². The van der Waals surface area contributed by atoms with E-state index in [-0.39, 0.29) is 30.3 Å². The third-order valence-electron chi connectivity index (χ3n) is 3.36. The van der Waals surface area contributed by atoms with Crippen LogP contribution in [0.5, 0.6) is 0 Å². The first-order chi connectivity index (χ1) is 9.04. The Labute approximate surface area is 112 Å². The molecule has 2 unspecified atom stereocenters. The molecule has 2 rings (SSSR count). The van der Waals surface area contributed by atoms with Crippen LogP contribution in [-0.2, 0) is 9.59 Å². The van der Waals surface area contributed by atoms with Crippen LogP contribution in [0.2, 0.25) is 0 Å². The Kier molecular flexibility index (Phi) is 3.99. The van der Waals surface area contributed by atoms with E-state index < -0.39 is 6.04 Å². The zero-order valence-corrected chi connectivity index (χ0v) is 11.5. The molecule has 0 bridgehead atoms. The maximum Gasteiger partial charge on any atom is 0.247 e. The number of rotatable bonds is 5. The van der Waals surface area contributed by atoms with E-state index in [9.17, 15) is 9.59 Å². The molecule has 6 nitrogen and oxygen atoms in total. The van der Waals surface area contributed by atoms with Gasteiger partial charge in [-0.1, -0.05) is 6.92 Å². The number of carbonyl (C=O) groups excluding carboxylic acids is 2. The van der Waals surface area contributed by atoms with Gasteiger partial charge in [0, 0.05) is 18.4 Å². The van der Waals surface area contributed by atoms with Gasteiger partial charge >= 0.3 is 0 Å². The van der Waals surface area contributed by atoms with E-state index in [1.165, 1.54) is 4.90 Å². The monoisotopic (exact) mass is 264 g/mol. The fraction of sp³-hybridized carbons (Fsp3) is 0.615. The van der Waals surface area contributed by atoms with Gasteiger partial charge in [-0.25, -0.2) is 4.98 Å². The van der Waals surface area contributed by atoms with Gasteiger partial charge in [0.25, 0.3) is 0 Å². The van der Waals surface area contributed by atoms with Gasteiger partial charge in [0.15, 0.2) is 0 Å². The summed E-state index contributed by atoms with van der Waals surface area (Å²) in [6, 6.07) is -0.565. The molecule has 104 valence electrons. The van der Waals surface area contributed by atoms with Crippen LogP contribution in [0.15, 0.2) is 12.4 Å². The number of H-pyrrole nitrogens is 1. The van der Waals surface area contributed by atoms with Gasteiger partial charge in [-0.05, 0) is 20.3 Å². The van der Waals surface area contributed by atoms with Crippen molar-refractivity contribution in [3.8, 4) is 0 Å². The smallest absolute Gasteiger partial charge is 0.247 e. The standard InChI is InChI=1S/C13H20N4O2/c1-4-9(12-14-5-6-15-12)16-10-7-11(18)17(8(2)3)13(10)19/h5-6,8-10,16H,4,7H2,1-3H3,(H,14,15). The van der Waals surface area contributed by atoms with E-state index in [4.69, 9.17) is 0 Å². The molecule has 2 amide bonds. The maximum absolute atomic E-state index is 12.2. The lowest BCUT2D eigenvalue weighted by molar-refractivity contribution is -0.140. The largest absolute Gasteiger partial charge is 0.347 e. The highest BCUT2D eigenvalue weighted by Gasteiger charge is 2.40. The van der Waals surface area contributed by atoms with Crippen LogP contribution in [-0.4, -0.2) is 38.8 Å². The summed E-state index contributed by atoms with van der Waals surface area (Å²) >= 11 is 0. The summed E-state index contributed by atoms with van der Waals surface area (Å²) in [4.78, 5) is 32.6. The Balaban J connectivity index is 2.07. The Hall–Kier alpha value is -1.69. The quantitative estimate of drug-likeness (QED) is 0.777. The molecule has 0 radical (unpaired) electrons. The molecule has 1 saturated heterocycles. The highest BCUT2D eigenvalue weighted by Crippen LogP contribution is 2.20. The van der Waals surface area contributed by atoms with Crippen molar-refractivity contribution in [2.24, 2.45) is 0 Å². The summed E-state index contributed by atoms with van der Waals surface area (Å²) in [7, 11) is 0. The minimum Gasteiger partial charge on any atom is -0.347 e. The van der Waals surface area contributed by atoms with Crippen LogP contribution >= 0.6 is 0 Å². The zero-order valence-electron chi connectivity index (χ0n) is 11.5. The van der Waals surface area contributed by atoms with Gasteiger partial charge in [-0.15, -0.1) is 0 Å². The third kappa shape index (κ3) is 2.68. The van der Waals surface area contributed by atoms with Gasteiger partial charge < -0.3 is 4.98 Å². The van der Waals surface area contributed by atoms with Crippen molar-refractivity contribution in [2.45, 2.75) is 51.7 Å². The Morgan fingerprint density at radius 2 is 2.26 bits per heavy atom. The van der Waals surface area contributed by atoms with E-state index in [0.29, 0.717) is 0 Å². The number of imide groups is 1. The normalized spacial score (nSPS) is 21.5. The number of aromatic nitrogens is 2. The average Bonchev–Trinajstić information content (AvgIpc) is 2.95. The second-order valence-corrected chi connectivity index (χ2v) is 5.05. The number of hydrogen-bond donors (Lipinski definition) is 2. The molecule has 0 spiro atoms. The molecule has 2 atom stereocenters. The molecule has 1 aromatic heterocycles. The predicted molar refractivity (Wildman–Crippen MR) is 70.1 cm³/mol. The van der Waals surface area contributed by atoms with E-state index in [0.717, 1.165) is 12.2 Å². The summed E-state index contributed by atoms with van der Waals surface area (Å²) in [5, 5.41) is 3.23. The average molecular weight is 264 g/mol. The summed E-state index contributed by atoms with van der Waals surface area (Å²) in [5.74, 6) is 0.558. The molecule has 1 aromatic rings. The first kappa shape index (κ1) is 13.7. The second-order valence-electron chi connectivity index (χ2n) is 5.05. The number of nitrogens with one attached hydrogen (secondary N) is 2. The molecular formula is C13H20N4O2. The molecule has 6 heteroatoms. The van der Waals surface area contributed by atoms with Crippen molar-refractivity contribution in [3.63, 3.8) is 0 Å². The molecule has 1 aliphatic rings. The molecule has 2 heterocycles. The molecule has 19 heavy (non-hydrogen) atoms. The molecule has 0 aromatic carbocycles. The molecule has 0 saturated carbocycles. The van der Waals surface area contributed by atoms with Crippen LogP contribution in [0.25, 0.3) is 0 Å². The van der Waals surface area contributed by atoms with Crippen LogP contribution in [0.4, 0.5) is 0 Å². The van der Waals surface area contributed by atoms with Crippen LogP contribution in [0, 0.1) is 0 Å². The van der Waals surface area contributed by atoms with Crippen molar-refractivity contribution in [1.29, 1.82) is 0 Å². The number of aromatic amines is 1. The minimum absolute atomic E-state index is 0.0381. The number of imidazole rings is 1. The summed E-state index contributed by atoms with van der Waals surface area (Å²) < 4.78 is 0. The summed E-state index contributed by atoms with van der Waals surface area (Å²) in [6.45, 7) is 5.71. The van der Waals surface area contributed by atoms with Crippen molar-refractivity contribution in [1.82, 2.24) is 20.2 Å². The summed E-state index contributed by atoms with van der Waals surface area (Å²) in [6.07, 6.45) is 4.46. The first-order valence-electron chi connectivity index (χ1n) is 6.65. The van der Waals surface area contributed by atoms with Crippen molar-refractivity contribution in [2.75, 3.05) is 0 Å². The number of amides is 2. The first-order valence-corrected chi connectivity index (χ1v) is 6.65. The highest BCUT2D eigenvalue weighted by molar-refractivity contribution is 6.05. The fourth-order valence-electron chi connectivity index (χ4n) is 2.42. The van der Waals surface area contributed by atoms with E-state index in [2.05, 4.69) is 15.3 Å². The Morgan fingerprint density at radius 3 is 2.74 bits per heavy atom. The van der Waals surface area contributed by atoms with Crippen LogP contribution in [0.1, 0.15) is 45.5 Å². The molecular weight excluding hydrogens is 244 g/mol. The predicted octanol–water partition coefficient (Wildman–Crippen LogP) is 0.986. The second kappa shape index (κ2) is 5.52. The highest BCUT2D eigenvalue weighted by atomic mass is 16.2. The lowest BCUT2D eigenvalue weighted by Gasteiger charge is -2.21. The Bertz CT molecular complexity index is 455. The lowest BCUT2D eigenvalue weighted by Crippen LogP contribution is -2.43. The van der Waals surface area contributed by atoms with Gasteiger partial charge in [-0.2, -0.15) is 0 Å². The molecule has 1 aliphatic heterocycles. The van der Waals surface area contributed by atoms with Crippen molar-refractivity contribution in [3.05, 3.63) is 18.2 Å². The molecule has 2 N–H and O–H groups in total. The Morgan fingerprint density at radius 1 is 1.53 bits per heavy atom. The lowest BCUT2D eigenvalue weighted by atomic mass is 10.1. The van der Waals surface area contributed by atoms with E-state index >= 15 is 0 Å². The zero-order chi connectivity index (χ0) is 14.0. The number of likely N-dealkylation sites (tertiary alicyclic amines) is 1. The third-order valence-corrected chi connectivity index (χ3v) is 3.36. The van der Waals surface area contributed by atoms with Crippen molar-refractivity contribution >= 4 is 11.8 Å². The topological polar surface area (TPSA) is 78.1 Å². The van der Waals surface area contributed by atoms with Crippen molar-refractivity contribution < 1.29 is 9.59 Å². The van der Waals surface area contributed by atoms with Crippen LogP contribution in [0.3, 0.4) is 0 Å². The molecule has 1 fully saturated rings. The van der Waals surface area contributed by atoms with E-state index in [1.807, 2.05) is 20.8 Å². The number of hydrogen-bond acceptors (Lipinski definition) is 4. The van der Waals surface area contributed by atoms with E-state index in [1.54, 1.807) is 12.4 Å². The fourth-order valence-corrected chi connectivity index (χ4v) is 2.42. The minimum atomic E-state index is -0.440. The summed E-state index contributed by atoms with van der Waals surface area (Å²) in [5.41, 5.74) is 0. The number of nitrogens with zero attached hydrogens (tertiary/aromatic N) is 2. The van der Waals surface area contributed by atoms with Gasteiger partial charge in [-0.3, -0.25) is 19.8 Å². The van der Waals surface area contributed by atoms with Gasteiger partial charge in [0.05, 0.1) is 18.5 Å². The SMILES string of the molecule is CCC(NC1CC(=O)N(C(C)C)C1=O)c1ncc[nH]1. The maximum atomic E-state index is 12.2. The van der Waals surface area contributed by atoms with Crippen LogP contribution < -0.4 is 5.32 Å². The molecule has 0 aliphatic carbocycles. The number of carbonyl (C=O) groups is 2.